The van der Waals surface area contributed by atoms with Gasteiger partial charge in [0.25, 0.3) is 0 Å². The second kappa shape index (κ2) is 31.8. The fourth-order valence-corrected chi connectivity index (χ4v) is 13.1. The molecule has 0 bridgehead atoms. The summed E-state index contributed by atoms with van der Waals surface area (Å²) in [6, 6.07) is 18.5. The number of carboxylic acids is 2. The summed E-state index contributed by atoms with van der Waals surface area (Å²) >= 11 is 5.32. The van der Waals surface area contributed by atoms with Crippen LogP contribution in [0.25, 0.3) is 40.6 Å². The van der Waals surface area contributed by atoms with Crippen molar-refractivity contribution >= 4 is 145 Å². The van der Waals surface area contributed by atoms with Gasteiger partial charge >= 0.3 is 23.9 Å². The minimum Gasteiger partial charge on any atom is -0.496 e. The number of aldehydes is 1. The summed E-state index contributed by atoms with van der Waals surface area (Å²) in [7, 11) is 6.30. The molecule has 0 amide bonds. The fraction of sp³-hybridized carbons (Fsp3) is 0.400. The lowest BCUT2D eigenvalue weighted by Gasteiger charge is -2.19. The average molecular weight is 1300 g/mol. The van der Waals surface area contributed by atoms with Crippen molar-refractivity contribution in [3.63, 3.8) is 0 Å². The molecule has 24 heteroatoms. The van der Waals surface area contributed by atoms with Gasteiger partial charge in [-0.05, 0) is 144 Å². The van der Waals surface area contributed by atoms with E-state index in [1.54, 1.807) is 81.1 Å². The van der Waals surface area contributed by atoms with Gasteiger partial charge in [0.1, 0.15) is 34.7 Å². The number of carbonyl (C=O) groups excluding carboxylic acids is 7. The minimum absolute atomic E-state index is 0.0246. The van der Waals surface area contributed by atoms with Crippen molar-refractivity contribution in [2.75, 3.05) is 34.2 Å². The molecule has 0 aliphatic carbocycles. The van der Waals surface area contributed by atoms with E-state index in [2.05, 4.69) is 4.98 Å². The molecule has 20 nitrogen and oxygen atoms in total. The van der Waals surface area contributed by atoms with E-state index >= 15 is 0 Å². The Bertz CT molecular complexity index is 3800. The monoisotopic (exact) mass is 1300 g/mol. The molecule has 0 saturated heterocycles. The molecule has 2 aromatic carbocycles. The normalized spacial score (nSPS) is 11.3. The Hall–Kier alpha value is -8.19. The molecule has 0 spiro atoms. The summed E-state index contributed by atoms with van der Waals surface area (Å²) < 4.78 is 35.6. The number of unbranched alkanes of at least 4 members (excludes halogenated alkanes) is 1. The first kappa shape index (κ1) is 69.9. The highest BCUT2D eigenvalue weighted by molar-refractivity contribution is 7.22. The first-order valence-corrected chi connectivity index (χ1v) is 31.7. The number of nitrogens with two attached hydrogens (primary N) is 1. The van der Waals surface area contributed by atoms with E-state index in [-0.39, 0.29) is 92.3 Å². The maximum absolute atomic E-state index is 12.4. The van der Waals surface area contributed by atoms with E-state index in [0.717, 1.165) is 77.7 Å². The molecule has 0 unspecified atom stereocenters. The number of rotatable bonds is 28. The van der Waals surface area contributed by atoms with Gasteiger partial charge in [0.05, 0.1) is 99.8 Å². The third kappa shape index (κ3) is 20.7. The second-order valence-electron chi connectivity index (χ2n) is 22.4. The number of carbonyl (C=O) groups is 9. The van der Waals surface area contributed by atoms with Crippen LogP contribution in [0.2, 0.25) is 0 Å². The number of fused-ring (bicyclic) bond motifs is 4. The molecule has 0 saturated carbocycles. The molecular weight excluding hydrogens is 1220 g/mol. The lowest BCUT2D eigenvalue weighted by Crippen LogP contribution is -2.24. The largest absolute Gasteiger partial charge is 0.496 e. The van der Waals surface area contributed by atoms with Gasteiger partial charge in [0, 0.05) is 53.6 Å². The standard InChI is InChI=1S/C29H29NO8S2.C20H24O5S.C16H20N2O4S/c1-37-22-14-24-17(12-26(39-24)20(31)7-9-28(33)34)11-16(22)5-3-4-6-18-23(38-2)15-25-19(30-18)13-27(40-25)21(32)8-10-29(35)36;1-20(2,3)25-19(23)8-7-15(22)18-11-14-10-13(6-5-9-21)16(24-4)12-17(14)26-18;1-16(2,3)22-14(20)6-5-10(19)13-7-9-12(23-13)8-11(21-4)15(17)18-9/h11-15H,3-10H2,1-2H3,(H,33,34)(H,35,36);9-12H,5-8H2,1-4H3;7-8H,5-6H2,1-4H3,(H2,17,18). The summed E-state index contributed by atoms with van der Waals surface area (Å²) in [5.41, 5.74) is 8.77. The molecule has 89 heavy (non-hydrogen) atoms. The van der Waals surface area contributed by atoms with E-state index in [4.69, 9.17) is 49.4 Å². The molecule has 4 N–H and O–H groups in total. The maximum atomic E-state index is 12.4. The van der Waals surface area contributed by atoms with Crippen LogP contribution in [0.15, 0.2) is 60.7 Å². The van der Waals surface area contributed by atoms with Crippen LogP contribution < -0.4 is 24.7 Å². The number of benzene rings is 2. The third-order valence-corrected chi connectivity index (χ3v) is 17.6. The van der Waals surface area contributed by atoms with Crippen molar-refractivity contribution < 1.29 is 81.8 Å². The molecule has 6 heterocycles. The molecular formula is C65H73N3O17S4. The van der Waals surface area contributed by atoms with E-state index in [0.29, 0.717) is 67.1 Å². The molecule has 6 aromatic heterocycles. The Morgan fingerprint density at radius 3 is 1.25 bits per heavy atom. The molecule has 0 radical (unpaired) electrons. The number of ketones is 4. The molecule has 0 atom stereocenters. The fourth-order valence-electron chi connectivity index (χ4n) is 9.00. The quantitative estimate of drug-likeness (QED) is 0.0178. The van der Waals surface area contributed by atoms with Gasteiger partial charge < -0.3 is 49.2 Å². The lowest BCUT2D eigenvalue weighted by molar-refractivity contribution is -0.155. The van der Waals surface area contributed by atoms with Crippen LogP contribution in [0.5, 0.6) is 23.0 Å². The Balaban J connectivity index is 0.000000224. The summed E-state index contributed by atoms with van der Waals surface area (Å²) in [6.07, 6.45) is 4.89. The first-order valence-electron chi connectivity index (χ1n) is 28.5. The minimum atomic E-state index is -1.00. The zero-order valence-electron chi connectivity index (χ0n) is 51.4. The van der Waals surface area contributed by atoms with Crippen molar-refractivity contribution in [3.8, 4) is 23.0 Å². The first-order chi connectivity index (χ1) is 42.1. The number of pyridine rings is 2. The lowest BCUT2D eigenvalue weighted by atomic mass is 10.0. The van der Waals surface area contributed by atoms with Gasteiger partial charge in [-0.25, -0.2) is 9.97 Å². The average Bonchev–Trinajstić information content (AvgIpc) is 2.01. The van der Waals surface area contributed by atoms with Gasteiger partial charge in [-0.2, -0.15) is 0 Å². The molecule has 0 aliphatic heterocycles. The van der Waals surface area contributed by atoms with Gasteiger partial charge in [0.15, 0.2) is 34.7 Å². The van der Waals surface area contributed by atoms with Gasteiger partial charge in [0.2, 0.25) is 0 Å². The number of esters is 2. The van der Waals surface area contributed by atoms with Crippen LogP contribution in [-0.2, 0) is 52.7 Å². The molecule has 8 rings (SSSR count). The van der Waals surface area contributed by atoms with Crippen LogP contribution in [0.3, 0.4) is 0 Å². The van der Waals surface area contributed by atoms with Crippen molar-refractivity contribution in [1.82, 2.24) is 9.97 Å². The van der Waals surface area contributed by atoms with Crippen LogP contribution in [0.1, 0.15) is 168 Å². The molecule has 8 aromatic rings. The SMILES string of the molecule is COc1cc2sc(C(=O)CCC(=O)O)cc2cc1CCCCc1nc2cc(C(=O)CCC(=O)O)sc2cc1OC.COc1cc2sc(C(=O)CCC(=O)OC(C)(C)C)cc2cc1CCC=O.COc1cc2sc(C(=O)CCC(=O)OC(C)(C)C)cc2nc1N. The van der Waals surface area contributed by atoms with Crippen LogP contribution in [-0.4, -0.2) is 113 Å². The number of carboxylic acid groups (broad SMARTS) is 2. The Morgan fingerprint density at radius 2 is 0.831 bits per heavy atom. The summed E-state index contributed by atoms with van der Waals surface area (Å²) in [5.74, 6) is -0.449. The number of hydrogen-bond donors (Lipinski definition) is 3. The highest BCUT2D eigenvalue weighted by Crippen LogP contribution is 2.37. The topological polar surface area (TPSA) is 301 Å². The highest BCUT2D eigenvalue weighted by atomic mass is 32.1. The number of nitrogen functional groups attached to an aromatic ring is 1. The van der Waals surface area contributed by atoms with Crippen molar-refractivity contribution in [2.24, 2.45) is 0 Å². The number of thiophene rings is 4. The number of hydrogen-bond acceptors (Lipinski definition) is 22. The number of anilines is 1. The van der Waals surface area contributed by atoms with E-state index in [1.807, 2.05) is 42.5 Å². The zero-order chi connectivity index (χ0) is 65.3. The van der Waals surface area contributed by atoms with Crippen molar-refractivity contribution in [1.29, 1.82) is 0 Å². The second-order valence-corrected chi connectivity index (χ2v) is 26.7. The van der Waals surface area contributed by atoms with Crippen LogP contribution >= 0.6 is 45.3 Å². The van der Waals surface area contributed by atoms with Gasteiger partial charge in [-0.1, -0.05) is 0 Å². The smallest absolute Gasteiger partial charge is 0.306 e. The number of aromatic nitrogens is 2. The Kier molecular flexibility index (Phi) is 25.0. The van der Waals surface area contributed by atoms with E-state index in [9.17, 15) is 43.2 Å². The third-order valence-electron chi connectivity index (χ3n) is 13.1. The number of Topliss-reactive ketones (excluding diaryl/α,β-unsaturated/α-hetero) is 4. The van der Waals surface area contributed by atoms with E-state index in [1.165, 1.54) is 52.5 Å². The van der Waals surface area contributed by atoms with Gasteiger partial charge in [-0.15, -0.1) is 45.3 Å². The predicted molar refractivity (Wildman–Crippen MR) is 346 cm³/mol. The molecule has 0 aliphatic rings. The number of nitrogens with zero attached hydrogens (tertiary/aromatic N) is 2. The van der Waals surface area contributed by atoms with Crippen LogP contribution in [0.4, 0.5) is 5.82 Å². The zero-order valence-corrected chi connectivity index (χ0v) is 54.6. The summed E-state index contributed by atoms with van der Waals surface area (Å²) in [6.45, 7) is 10.8. The molecule has 0 fully saturated rings. The number of methoxy groups -OCH3 is 4. The Morgan fingerprint density at radius 1 is 0.461 bits per heavy atom. The number of ether oxygens (including phenoxy) is 6. The summed E-state index contributed by atoms with van der Waals surface area (Å²) in [4.78, 5) is 116. The molecule has 474 valence electrons. The highest BCUT2D eigenvalue weighted by Gasteiger charge is 2.23. The Labute approximate surface area is 530 Å². The maximum Gasteiger partial charge on any atom is 0.306 e. The number of aryl methyl sites for hydroxylation is 3. The van der Waals surface area contributed by atoms with Crippen LogP contribution in [0, 0.1) is 0 Å². The van der Waals surface area contributed by atoms with Crippen molar-refractivity contribution in [2.45, 2.75) is 143 Å². The van der Waals surface area contributed by atoms with Gasteiger partial charge in [-0.3, -0.25) is 38.4 Å². The van der Waals surface area contributed by atoms with Crippen molar-refractivity contribution in [3.05, 3.63) is 97.0 Å². The predicted octanol–water partition coefficient (Wildman–Crippen LogP) is 13.7. The number of aliphatic carboxylic acids is 2. The van der Waals surface area contributed by atoms with E-state index < -0.39 is 23.1 Å². The summed E-state index contributed by atoms with van der Waals surface area (Å²) in [5, 5.41) is 19.6.